The summed E-state index contributed by atoms with van der Waals surface area (Å²) in [6.07, 6.45) is -2.97. The normalized spacial score (nSPS) is 11.7. The second-order valence-corrected chi connectivity index (χ2v) is 9.33. The molecule has 2 nitrogen and oxygen atoms in total. The molecule has 0 fully saturated rings. The number of pyridine rings is 1. The third kappa shape index (κ3) is 5.21. The van der Waals surface area contributed by atoms with Crippen LogP contribution in [-0.2, 0) is 12.8 Å². The molecule has 5 aromatic rings. The number of fused-ring (bicyclic) bond motifs is 1. The number of halogens is 3. The molecule has 0 unspecified atom stereocenters. The number of para-hydroxylation sites is 1. The van der Waals surface area contributed by atoms with E-state index in [2.05, 4.69) is 43.1 Å². The van der Waals surface area contributed by atoms with Crippen LogP contribution in [0.2, 0.25) is 0 Å². The third-order valence-corrected chi connectivity index (χ3v) is 6.46. The molecule has 186 valence electrons. The van der Waals surface area contributed by atoms with Crippen molar-refractivity contribution in [1.82, 2.24) is 4.98 Å². The lowest BCUT2D eigenvalue weighted by Gasteiger charge is -2.17. The molecule has 1 heterocycles. The average molecular weight is 498 g/mol. The lowest BCUT2D eigenvalue weighted by atomic mass is 9.91. The lowest BCUT2D eigenvalue weighted by molar-refractivity contribution is -0.136. The van der Waals surface area contributed by atoms with Gasteiger partial charge in [0.2, 0.25) is 0 Å². The van der Waals surface area contributed by atoms with E-state index in [4.69, 9.17) is 4.74 Å². The first-order valence-electron chi connectivity index (χ1n) is 12.2. The minimum atomic E-state index is -4.51. The molecule has 0 radical (unpaired) electrons. The van der Waals surface area contributed by atoms with Gasteiger partial charge in [-0.1, -0.05) is 92.7 Å². The highest BCUT2D eigenvalue weighted by atomic mass is 19.4. The molecule has 0 amide bonds. The Morgan fingerprint density at radius 2 is 1.49 bits per heavy atom. The first kappa shape index (κ1) is 24.6. The van der Waals surface area contributed by atoms with E-state index in [1.165, 1.54) is 17.8 Å². The van der Waals surface area contributed by atoms with E-state index in [9.17, 15) is 13.2 Å². The lowest BCUT2D eigenvalue weighted by Crippen LogP contribution is -2.07. The van der Waals surface area contributed by atoms with Gasteiger partial charge < -0.3 is 4.74 Å². The van der Waals surface area contributed by atoms with Crippen LogP contribution in [0.1, 0.15) is 36.5 Å². The molecule has 1 aromatic heterocycles. The SMILES string of the molecule is CC(C)c1ccc(COc2cccc(-c3c(-c4ccccc4)cnc4c(C(F)(F)F)cccc34)c2)cc1. The number of ether oxygens (including phenoxy) is 1. The Balaban J connectivity index is 1.58. The van der Waals surface area contributed by atoms with Gasteiger partial charge >= 0.3 is 6.18 Å². The van der Waals surface area contributed by atoms with E-state index >= 15 is 0 Å². The number of rotatable bonds is 6. The summed E-state index contributed by atoms with van der Waals surface area (Å²) >= 11 is 0. The van der Waals surface area contributed by atoms with Crippen LogP contribution in [0.3, 0.4) is 0 Å². The van der Waals surface area contributed by atoms with E-state index in [0.717, 1.165) is 28.3 Å². The summed E-state index contributed by atoms with van der Waals surface area (Å²) in [5, 5.41) is 0.442. The minimum Gasteiger partial charge on any atom is -0.489 e. The molecule has 4 aromatic carbocycles. The number of hydrogen-bond acceptors (Lipinski definition) is 2. The Kier molecular flexibility index (Phi) is 6.70. The maximum absolute atomic E-state index is 13.8. The number of hydrogen-bond donors (Lipinski definition) is 0. The third-order valence-electron chi connectivity index (χ3n) is 6.46. The van der Waals surface area contributed by atoms with Gasteiger partial charge in [0, 0.05) is 22.7 Å². The number of aromatic nitrogens is 1. The quantitative estimate of drug-likeness (QED) is 0.233. The van der Waals surface area contributed by atoms with Gasteiger partial charge in [0.1, 0.15) is 12.4 Å². The Hall–Kier alpha value is -4.12. The van der Waals surface area contributed by atoms with E-state index < -0.39 is 11.7 Å². The molecule has 0 spiro atoms. The molecule has 5 heteroatoms. The first-order valence-corrected chi connectivity index (χ1v) is 12.2. The molecule has 0 saturated heterocycles. The van der Waals surface area contributed by atoms with Crippen molar-refractivity contribution in [1.29, 1.82) is 0 Å². The zero-order chi connectivity index (χ0) is 26.0. The standard InChI is InChI=1S/C32H26F3NO/c1-21(2)23-16-14-22(15-17-23)20-37-26-11-6-10-25(18-26)30-27-12-7-13-29(32(33,34)35)31(27)36-19-28(30)24-8-4-3-5-9-24/h3-19,21H,20H2,1-2H3. The second kappa shape index (κ2) is 10.1. The zero-order valence-corrected chi connectivity index (χ0v) is 20.6. The molecular formula is C32H26F3NO. The molecule has 37 heavy (non-hydrogen) atoms. The topological polar surface area (TPSA) is 22.1 Å². The fraction of sp³-hybridized carbons (Fsp3) is 0.156. The highest BCUT2D eigenvalue weighted by Gasteiger charge is 2.33. The largest absolute Gasteiger partial charge is 0.489 e. The molecular weight excluding hydrogens is 471 g/mol. The van der Waals surface area contributed by atoms with E-state index in [1.807, 2.05) is 54.6 Å². The Labute approximate surface area is 214 Å². The van der Waals surface area contributed by atoms with Crippen molar-refractivity contribution in [2.24, 2.45) is 0 Å². The Morgan fingerprint density at radius 3 is 2.19 bits per heavy atom. The molecule has 0 saturated carbocycles. The van der Waals surface area contributed by atoms with Crippen LogP contribution in [0.4, 0.5) is 13.2 Å². The van der Waals surface area contributed by atoms with E-state index in [1.54, 1.807) is 6.07 Å². The summed E-state index contributed by atoms with van der Waals surface area (Å²) in [6, 6.07) is 29.6. The van der Waals surface area contributed by atoms with Crippen molar-refractivity contribution in [3.05, 3.63) is 120 Å². The van der Waals surface area contributed by atoms with Crippen molar-refractivity contribution in [3.8, 4) is 28.0 Å². The summed E-state index contributed by atoms with van der Waals surface area (Å²) in [7, 11) is 0. The van der Waals surface area contributed by atoms with Crippen molar-refractivity contribution >= 4 is 10.9 Å². The predicted octanol–water partition coefficient (Wildman–Crippen LogP) is 9.29. The average Bonchev–Trinajstić information content (AvgIpc) is 2.91. The monoisotopic (exact) mass is 497 g/mol. The van der Waals surface area contributed by atoms with Gasteiger partial charge in [0.15, 0.2) is 0 Å². The highest BCUT2D eigenvalue weighted by Crippen LogP contribution is 2.42. The van der Waals surface area contributed by atoms with Gasteiger partial charge in [-0.05, 0) is 46.4 Å². The Bertz CT molecular complexity index is 1520. The van der Waals surface area contributed by atoms with Crippen LogP contribution < -0.4 is 4.74 Å². The number of alkyl halides is 3. The molecule has 0 aliphatic rings. The van der Waals surface area contributed by atoms with Crippen molar-refractivity contribution in [2.75, 3.05) is 0 Å². The summed E-state index contributed by atoms with van der Waals surface area (Å²) in [5.41, 5.74) is 4.58. The molecule has 0 bridgehead atoms. The second-order valence-electron chi connectivity index (χ2n) is 9.33. The van der Waals surface area contributed by atoms with Crippen LogP contribution in [-0.4, -0.2) is 4.98 Å². The van der Waals surface area contributed by atoms with Crippen LogP contribution in [0.15, 0.2) is 103 Å². The molecule has 0 atom stereocenters. The van der Waals surface area contributed by atoms with Gasteiger partial charge in [-0.2, -0.15) is 13.2 Å². The molecule has 0 aliphatic heterocycles. The first-order chi connectivity index (χ1) is 17.8. The fourth-order valence-corrected chi connectivity index (χ4v) is 4.51. The van der Waals surface area contributed by atoms with E-state index in [-0.39, 0.29) is 5.52 Å². The predicted molar refractivity (Wildman–Crippen MR) is 142 cm³/mol. The van der Waals surface area contributed by atoms with Crippen LogP contribution in [0.25, 0.3) is 33.2 Å². The summed E-state index contributed by atoms with van der Waals surface area (Å²) < 4.78 is 47.5. The molecule has 5 rings (SSSR count). The van der Waals surface area contributed by atoms with Crippen molar-refractivity contribution in [3.63, 3.8) is 0 Å². The smallest absolute Gasteiger partial charge is 0.418 e. The molecule has 0 aliphatic carbocycles. The van der Waals surface area contributed by atoms with Crippen LogP contribution >= 0.6 is 0 Å². The van der Waals surface area contributed by atoms with Crippen LogP contribution in [0.5, 0.6) is 5.75 Å². The van der Waals surface area contributed by atoms with Crippen molar-refractivity contribution in [2.45, 2.75) is 32.5 Å². The van der Waals surface area contributed by atoms with Gasteiger partial charge in [0.25, 0.3) is 0 Å². The maximum Gasteiger partial charge on any atom is 0.418 e. The Morgan fingerprint density at radius 1 is 0.784 bits per heavy atom. The van der Waals surface area contributed by atoms with Gasteiger partial charge in [-0.3, -0.25) is 4.98 Å². The summed E-state index contributed by atoms with van der Waals surface area (Å²) in [4.78, 5) is 4.28. The van der Waals surface area contributed by atoms with Crippen molar-refractivity contribution < 1.29 is 17.9 Å². The van der Waals surface area contributed by atoms with Crippen LogP contribution in [0, 0.1) is 0 Å². The summed E-state index contributed by atoms with van der Waals surface area (Å²) in [6.45, 7) is 4.70. The molecule has 0 N–H and O–H groups in total. The zero-order valence-electron chi connectivity index (χ0n) is 20.6. The highest BCUT2D eigenvalue weighted by molar-refractivity contribution is 6.03. The minimum absolute atomic E-state index is 0.0683. The van der Waals surface area contributed by atoms with Gasteiger partial charge in [-0.25, -0.2) is 0 Å². The summed E-state index contributed by atoms with van der Waals surface area (Å²) in [5.74, 6) is 1.10. The number of benzene rings is 4. The van der Waals surface area contributed by atoms with E-state index in [0.29, 0.717) is 29.2 Å². The van der Waals surface area contributed by atoms with Gasteiger partial charge in [0.05, 0.1) is 11.1 Å². The maximum atomic E-state index is 13.8. The number of nitrogens with zero attached hydrogens (tertiary/aromatic N) is 1. The fourth-order valence-electron chi connectivity index (χ4n) is 4.51. The van der Waals surface area contributed by atoms with Gasteiger partial charge in [-0.15, -0.1) is 0 Å².